The zero-order valence-corrected chi connectivity index (χ0v) is 22.6. The van der Waals surface area contributed by atoms with Gasteiger partial charge in [-0.2, -0.15) is 0 Å². The Hall–Kier alpha value is -3.99. The van der Waals surface area contributed by atoms with Crippen molar-refractivity contribution in [2.45, 2.75) is 43.4 Å². The van der Waals surface area contributed by atoms with Crippen LogP contribution in [0, 0.1) is 5.92 Å². The number of aliphatic hydroxyl groups excluding tert-OH is 4. The SMILES string of the molecule is COC(=O)CC1C(C(=O)O)=COC(OC2OC(CO)C(O)C(O)C2O)C1=CCOC(=O)C=Cc1ccc(O)c(OC)c1. The van der Waals surface area contributed by atoms with Gasteiger partial charge < -0.3 is 59.1 Å². The summed E-state index contributed by atoms with van der Waals surface area (Å²) in [5.41, 5.74) is 0.146. The molecule has 1 aromatic rings. The van der Waals surface area contributed by atoms with Crippen molar-refractivity contribution >= 4 is 24.0 Å². The summed E-state index contributed by atoms with van der Waals surface area (Å²) >= 11 is 0. The number of methoxy groups -OCH3 is 2. The van der Waals surface area contributed by atoms with E-state index in [-0.39, 0.29) is 22.6 Å². The second-order valence-corrected chi connectivity index (χ2v) is 9.11. The summed E-state index contributed by atoms with van der Waals surface area (Å²) in [5.74, 6) is -4.11. The minimum Gasteiger partial charge on any atom is -0.504 e. The van der Waals surface area contributed by atoms with Crippen LogP contribution in [0.3, 0.4) is 0 Å². The molecule has 6 N–H and O–H groups in total. The maximum absolute atomic E-state index is 12.3. The normalized spacial score (nSPS) is 28.6. The highest BCUT2D eigenvalue weighted by Gasteiger charge is 2.46. The van der Waals surface area contributed by atoms with Crippen LogP contribution in [0.15, 0.2) is 47.8 Å². The number of aliphatic hydroxyl groups is 4. The van der Waals surface area contributed by atoms with Crippen molar-refractivity contribution in [3.63, 3.8) is 0 Å². The van der Waals surface area contributed by atoms with E-state index in [1.807, 2.05) is 0 Å². The van der Waals surface area contributed by atoms with E-state index in [2.05, 4.69) is 4.74 Å². The molecule has 0 aromatic heterocycles. The third kappa shape index (κ3) is 7.84. The van der Waals surface area contributed by atoms with E-state index in [4.69, 9.17) is 23.7 Å². The molecule has 2 aliphatic heterocycles. The van der Waals surface area contributed by atoms with Crippen molar-refractivity contribution in [2.75, 3.05) is 27.4 Å². The van der Waals surface area contributed by atoms with Gasteiger partial charge in [0.2, 0.25) is 6.29 Å². The van der Waals surface area contributed by atoms with E-state index in [1.54, 1.807) is 0 Å². The van der Waals surface area contributed by atoms with Gasteiger partial charge in [-0.3, -0.25) is 4.79 Å². The first-order valence-electron chi connectivity index (χ1n) is 12.5. The highest BCUT2D eigenvalue weighted by Crippen LogP contribution is 2.36. The first-order chi connectivity index (χ1) is 20.0. The molecule has 0 saturated carbocycles. The Morgan fingerprint density at radius 3 is 2.45 bits per heavy atom. The highest BCUT2D eigenvalue weighted by atomic mass is 16.8. The number of ether oxygens (including phenoxy) is 6. The number of rotatable bonds is 11. The van der Waals surface area contributed by atoms with Crippen LogP contribution < -0.4 is 4.74 Å². The summed E-state index contributed by atoms with van der Waals surface area (Å²) in [7, 11) is 2.47. The lowest BCUT2D eigenvalue weighted by Gasteiger charge is -2.41. The number of phenolic OH excluding ortho intramolecular Hbond substituents is 1. The molecule has 0 amide bonds. The summed E-state index contributed by atoms with van der Waals surface area (Å²) < 4.78 is 31.3. The maximum atomic E-state index is 12.3. The van der Waals surface area contributed by atoms with Gasteiger partial charge in [0, 0.05) is 17.6 Å². The molecule has 0 spiro atoms. The number of hydrogen-bond acceptors (Lipinski definition) is 14. The van der Waals surface area contributed by atoms with E-state index in [0.717, 1.165) is 19.4 Å². The first kappa shape index (κ1) is 32.5. The number of carbonyl (C=O) groups is 3. The Labute approximate surface area is 239 Å². The number of aliphatic carboxylic acids is 1. The lowest BCUT2D eigenvalue weighted by Crippen LogP contribution is -2.60. The maximum Gasteiger partial charge on any atom is 0.335 e. The van der Waals surface area contributed by atoms with Crippen molar-refractivity contribution in [3.05, 3.63) is 53.3 Å². The second-order valence-electron chi connectivity index (χ2n) is 9.11. The molecule has 2 aliphatic rings. The molecule has 1 saturated heterocycles. The molecular weight excluding hydrogens is 564 g/mol. The van der Waals surface area contributed by atoms with Gasteiger partial charge in [0.1, 0.15) is 31.0 Å². The molecule has 3 rings (SSSR count). The Balaban J connectivity index is 1.84. The quantitative estimate of drug-likeness (QED) is 0.104. The molecule has 1 aromatic carbocycles. The fourth-order valence-electron chi connectivity index (χ4n) is 4.20. The molecule has 230 valence electrons. The fraction of sp³-hybridized carbons (Fsp3) is 0.444. The minimum atomic E-state index is -1.81. The Morgan fingerprint density at radius 1 is 1.07 bits per heavy atom. The van der Waals surface area contributed by atoms with Crippen molar-refractivity contribution < 1.29 is 73.4 Å². The monoisotopic (exact) mass is 596 g/mol. The average Bonchev–Trinajstić information content (AvgIpc) is 2.97. The minimum absolute atomic E-state index is 0.0164. The molecule has 15 nitrogen and oxygen atoms in total. The predicted molar refractivity (Wildman–Crippen MR) is 138 cm³/mol. The third-order valence-electron chi connectivity index (χ3n) is 6.48. The van der Waals surface area contributed by atoms with E-state index in [0.29, 0.717) is 5.56 Å². The Bertz CT molecular complexity index is 1220. The number of carboxylic acid groups (broad SMARTS) is 1. The molecule has 7 atom stereocenters. The van der Waals surface area contributed by atoms with Crippen molar-refractivity contribution in [3.8, 4) is 11.5 Å². The van der Waals surface area contributed by atoms with Gasteiger partial charge in [-0.25, -0.2) is 9.59 Å². The van der Waals surface area contributed by atoms with Crippen LogP contribution in [0.2, 0.25) is 0 Å². The molecule has 2 heterocycles. The third-order valence-corrected chi connectivity index (χ3v) is 6.48. The number of aromatic hydroxyl groups is 1. The summed E-state index contributed by atoms with van der Waals surface area (Å²) in [5, 5.41) is 59.4. The van der Waals surface area contributed by atoms with Crippen LogP contribution in [0.1, 0.15) is 12.0 Å². The first-order valence-corrected chi connectivity index (χ1v) is 12.5. The fourth-order valence-corrected chi connectivity index (χ4v) is 4.20. The zero-order chi connectivity index (χ0) is 31.0. The number of carboxylic acids is 1. The zero-order valence-electron chi connectivity index (χ0n) is 22.6. The van der Waals surface area contributed by atoms with Gasteiger partial charge in [0.15, 0.2) is 17.8 Å². The summed E-state index contributed by atoms with van der Waals surface area (Å²) in [6.45, 7) is -1.17. The van der Waals surface area contributed by atoms with Gasteiger partial charge in [0.25, 0.3) is 0 Å². The number of benzene rings is 1. The Morgan fingerprint density at radius 2 is 1.81 bits per heavy atom. The van der Waals surface area contributed by atoms with Crippen LogP contribution >= 0.6 is 0 Å². The van der Waals surface area contributed by atoms with E-state index in [9.17, 15) is 45.0 Å². The van der Waals surface area contributed by atoms with Gasteiger partial charge in [-0.15, -0.1) is 0 Å². The number of esters is 2. The molecule has 15 heteroatoms. The average molecular weight is 597 g/mol. The van der Waals surface area contributed by atoms with E-state index in [1.165, 1.54) is 37.5 Å². The van der Waals surface area contributed by atoms with Gasteiger partial charge in [-0.1, -0.05) is 6.07 Å². The number of phenols is 1. The van der Waals surface area contributed by atoms with Gasteiger partial charge >= 0.3 is 17.9 Å². The number of hydrogen-bond donors (Lipinski definition) is 6. The summed E-state index contributed by atoms with van der Waals surface area (Å²) in [4.78, 5) is 36.4. The van der Waals surface area contributed by atoms with Crippen LogP contribution in [0.25, 0.3) is 6.08 Å². The molecule has 0 radical (unpaired) electrons. The summed E-state index contributed by atoms with van der Waals surface area (Å²) in [6.07, 6.45) is -5.63. The van der Waals surface area contributed by atoms with Crippen molar-refractivity contribution in [1.82, 2.24) is 0 Å². The van der Waals surface area contributed by atoms with Gasteiger partial charge in [0.05, 0.1) is 39.1 Å². The largest absolute Gasteiger partial charge is 0.504 e. The second kappa shape index (κ2) is 14.8. The lowest BCUT2D eigenvalue weighted by atomic mass is 9.86. The van der Waals surface area contributed by atoms with Crippen molar-refractivity contribution in [2.24, 2.45) is 5.92 Å². The Kier molecular flexibility index (Phi) is 11.4. The van der Waals surface area contributed by atoms with E-state index < -0.39 is 80.5 Å². The lowest BCUT2D eigenvalue weighted by molar-refractivity contribution is -0.327. The predicted octanol–water partition coefficient (Wildman–Crippen LogP) is -0.796. The molecular formula is C27H32O15. The number of carbonyl (C=O) groups excluding carboxylic acids is 2. The van der Waals surface area contributed by atoms with E-state index >= 15 is 0 Å². The molecule has 1 fully saturated rings. The molecule has 42 heavy (non-hydrogen) atoms. The van der Waals surface area contributed by atoms with Crippen LogP contribution in [0.4, 0.5) is 0 Å². The van der Waals surface area contributed by atoms with Gasteiger partial charge in [-0.05, 0) is 29.8 Å². The molecule has 0 bridgehead atoms. The summed E-state index contributed by atoms with van der Waals surface area (Å²) in [6, 6.07) is 4.39. The van der Waals surface area contributed by atoms with Crippen LogP contribution in [0.5, 0.6) is 11.5 Å². The highest BCUT2D eigenvalue weighted by molar-refractivity contribution is 5.89. The smallest absolute Gasteiger partial charge is 0.335 e. The van der Waals surface area contributed by atoms with Crippen LogP contribution in [-0.4, -0.2) is 113 Å². The molecule has 0 aliphatic carbocycles. The molecule has 7 unspecified atom stereocenters. The standard InChI is InChI=1S/C27H32O15/c1-37-18-9-13(3-5-17(18)29)4-6-20(30)39-8-7-14-15(10-21(31)38-2)16(25(35)36)12-40-26(14)42-27-24(34)23(33)22(32)19(11-28)41-27/h3-7,9,12,15,19,22-24,26-29,32-34H,8,10-11H2,1-2H3,(H,35,36). The van der Waals surface area contributed by atoms with Crippen LogP contribution in [-0.2, 0) is 38.1 Å². The van der Waals surface area contributed by atoms with Crippen molar-refractivity contribution in [1.29, 1.82) is 0 Å². The topological polar surface area (TPSA) is 228 Å².